The first-order valence-corrected chi connectivity index (χ1v) is 14.9. The summed E-state index contributed by atoms with van der Waals surface area (Å²) in [5.41, 5.74) is 8.51. The fourth-order valence-electron chi connectivity index (χ4n) is 6.51. The minimum Gasteiger partial charge on any atom is -0.375 e. The SMILES string of the molecule is C=C.CC1C=CC(=O)N/C1=C(C#N)/C=C\COC1C(C)(C)CC1(C)C.NC(=O)C1=CC=C(N2CCC(C=O)CC2)CC=C1. The van der Waals surface area contributed by atoms with Crippen LogP contribution in [0.4, 0.5) is 0 Å². The van der Waals surface area contributed by atoms with Crippen LogP contribution >= 0.6 is 0 Å². The third kappa shape index (κ3) is 9.79. The number of nitrogens with zero attached hydrogens (tertiary/aromatic N) is 2. The van der Waals surface area contributed by atoms with Crippen molar-refractivity contribution in [3.8, 4) is 6.07 Å². The van der Waals surface area contributed by atoms with Crippen molar-refractivity contribution in [2.45, 2.75) is 66.4 Å². The molecular weight excluding hydrogens is 540 g/mol. The van der Waals surface area contributed by atoms with Crippen LogP contribution in [0.2, 0.25) is 0 Å². The Bertz CT molecular complexity index is 1240. The molecule has 0 aromatic rings. The van der Waals surface area contributed by atoms with E-state index in [4.69, 9.17) is 10.5 Å². The van der Waals surface area contributed by atoms with Crippen LogP contribution in [0.25, 0.3) is 0 Å². The Morgan fingerprint density at radius 2 is 1.84 bits per heavy atom. The summed E-state index contributed by atoms with van der Waals surface area (Å²) in [6, 6.07) is 2.16. The van der Waals surface area contributed by atoms with Gasteiger partial charge in [0, 0.05) is 48.3 Å². The quantitative estimate of drug-likeness (QED) is 0.232. The molecule has 4 rings (SSSR count). The number of primary amides is 1. The Labute approximate surface area is 257 Å². The average Bonchev–Trinajstić information content (AvgIpc) is 3.24. The molecule has 8 nitrogen and oxygen atoms in total. The van der Waals surface area contributed by atoms with Gasteiger partial charge in [0.25, 0.3) is 0 Å². The van der Waals surface area contributed by atoms with E-state index in [0.29, 0.717) is 23.5 Å². The van der Waals surface area contributed by atoms with E-state index in [1.54, 1.807) is 24.3 Å². The number of carbonyl (C=O) groups is 3. The van der Waals surface area contributed by atoms with E-state index >= 15 is 0 Å². The number of nitrogens with two attached hydrogens (primary N) is 1. The number of amides is 2. The molecule has 0 radical (unpaired) electrons. The summed E-state index contributed by atoms with van der Waals surface area (Å²) in [6.45, 7) is 19.1. The topological polar surface area (TPSA) is 126 Å². The van der Waals surface area contributed by atoms with Crippen molar-refractivity contribution >= 4 is 18.1 Å². The van der Waals surface area contributed by atoms with E-state index in [2.05, 4.69) is 57.1 Å². The first-order valence-electron chi connectivity index (χ1n) is 14.9. The number of likely N-dealkylation sites (tertiary alicyclic amines) is 1. The summed E-state index contributed by atoms with van der Waals surface area (Å²) in [7, 11) is 0. The van der Waals surface area contributed by atoms with Gasteiger partial charge in [0.05, 0.1) is 18.3 Å². The van der Waals surface area contributed by atoms with Crippen LogP contribution in [0.5, 0.6) is 0 Å². The maximum atomic E-state index is 11.5. The molecule has 232 valence electrons. The maximum Gasteiger partial charge on any atom is 0.248 e. The Morgan fingerprint density at radius 1 is 1.19 bits per heavy atom. The van der Waals surface area contributed by atoms with Gasteiger partial charge in [-0.15, -0.1) is 13.2 Å². The minimum absolute atomic E-state index is 0.0254. The molecule has 2 aliphatic carbocycles. The lowest BCUT2D eigenvalue weighted by atomic mass is 9.53. The molecule has 3 N–H and O–H groups in total. The van der Waals surface area contributed by atoms with Crippen LogP contribution in [-0.2, 0) is 19.1 Å². The minimum atomic E-state index is -0.400. The van der Waals surface area contributed by atoms with Crippen LogP contribution in [0, 0.1) is 34.0 Å². The zero-order valence-electron chi connectivity index (χ0n) is 26.4. The third-order valence-corrected chi connectivity index (χ3v) is 8.14. The molecule has 43 heavy (non-hydrogen) atoms. The second-order valence-corrected chi connectivity index (χ2v) is 12.6. The molecule has 2 aliphatic heterocycles. The van der Waals surface area contributed by atoms with Crippen molar-refractivity contribution in [3.63, 3.8) is 0 Å². The molecule has 1 saturated carbocycles. The van der Waals surface area contributed by atoms with Gasteiger partial charge in [-0.25, -0.2) is 0 Å². The zero-order chi connectivity index (χ0) is 32.2. The van der Waals surface area contributed by atoms with E-state index < -0.39 is 5.91 Å². The van der Waals surface area contributed by atoms with Crippen molar-refractivity contribution in [3.05, 3.63) is 84.3 Å². The number of allylic oxidation sites excluding steroid dienone is 6. The summed E-state index contributed by atoms with van der Waals surface area (Å²) >= 11 is 0. The molecule has 2 heterocycles. The summed E-state index contributed by atoms with van der Waals surface area (Å²) in [4.78, 5) is 35.5. The molecule has 2 amide bonds. The number of hydrogen-bond donors (Lipinski definition) is 2. The van der Waals surface area contributed by atoms with E-state index in [1.165, 1.54) is 11.8 Å². The molecule has 1 saturated heterocycles. The van der Waals surface area contributed by atoms with Crippen LogP contribution < -0.4 is 11.1 Å². The Kier molecular flexibility index (Phi) is 13.1. The van der Waals surface area contributed by atoms with Crippen molar-refractivity contribution in [2.75, 3.05) is 19.7 Å². The van der Waals surface area contributed by atoms with Crippen molar-refractivity contribution in [1.82, 2.24) is 10.2 Å². The summed E-state index contributed by atoms with van der Waals surface area (Å²) in [5, 5.41) is 12.1. The number of nitriles is 1. The second-order valence-electron chi connectivity index (χ2n) is 12.6. The van der Waals surface area contributed by atoms with Gasteiger partial charge in [0.15, 0.2) is 0 Å². The molecular formula is C35H48N4O4. The van der Waals surface area contributed by atoms with Gasteiger partial charge in [0.2, 0.25) is 11.8 Å². The molecule has 1 unspecified atom stereocenters. The largest absolute Gasteiger partial charge is 0.375 e. The third-order valence-electron chi connectivity index (χ3n) is 8.14. The van der Waals surface area contributed by atoms with Gasteiger partial charge in [0.1, 0.15) is 12.4 Å². The van der Waals surface area contributed by atoms with Gasteiger partial charge in [-0.05, 0) is 54.4 Å². The fourth-order valence-corrected chi connectivity index (χ4v) is 6.51. The van der Waals surface area contributed by atoms with E-state index in [9.17, 15) is 19.6 Å². The first kappa shape index (κ1) is 35.2. The normalized spacial score (nSPS) is 24.0. The highest BCUT2D eigenvalue weighted by Gasteiger charge is 2.53. The summed E-state index contributed by atoms with van der Waals surface area (Å²) in [6.07, 6.45) is 19.4. The maximum absolute atomic E-state index is 11.5. The standard InChI is InChI=1S/C19H26N2O2.C14H18N2O2.C2H4/c1-13-8-9-15(22)21-16(13)14(11-20)7-6-10-23-17-18(2,3)12-19(17,4)5;15-14(18)12-2-1-3-13(5-4-12)16-8-6-11(10-17)7-9-16;1-2/h6-9,13,17H,10,12H2,1-5H3,(H,21,22);1-2,4-5,10-11H,3,6-9H2,(H2,15,18);1-2H2/b7-6-,16-14-;;. The predicted octanol–water partition coefficient (Wildman–Crippen LogP) is 5.44. The smallest absolute Gasteiger partial charge is 0.248 e. The Morgan fingerprint density at radius 3 is 2.40 bits per heavy atom. The molecule has 2 fully saturated rings. The molecule has 0 aromatic carbocycles. The number of ether oxygens (including phenoxy) is 1. The average molecular weight is 589 g/mol. The monoisotopic (exact) mass is 588 g/mol. The molecule has 4 aliphatic rings. The molecule has 0 aromatic heterocycles. The van der Waals surface area contributed by atoms with Crippen LogP contribution in [0.15, 0.2) is 84.3 Å². The van der Waals surface area contributed by atoms with Crippen LogP contribution in [0.3, 0.4) is 0 Å². The van der Waals surface area contributed by atoms with Gasteiger partial charge in [-0.1, -0.05) is 58.9 Å². The van der Waals surface area contributed by atoms with E-state index in [0.717, 1.165) is 45.1 Å². The number of piperidine rings is 1. The lowest BCUT2D eigenvalue weighted by Gasteiger charge is -2.57. The number of carbonyl (C=O) groups excluding carboxylic acids is 3. The first-order chi connectivity index (χ1) is 20.4. The number of nitrogens with one attached hydrogen (secondary N) is 1. The second kappa shape index (κ2) is 16.0. The highest BCUT2D eigenvalue weighted by atomic mass is 16.5. The Balaban J connectivity index is 0.000000291. The predicted molar refractivity (Wildman–Crippen MR) is 171 cm³/mol. The molecule has 0 spiro atoms. The number of hydrogen-bond acceptors (Lipinski definition) is 6. The lowest BCUT2D eigenvalue weighted by Crippen LogP contribution is -2.56. The summed E-state index contributed by atoms with van der Waals surface area (Å²) in [5.74, 6) is -0.353. The van der Waals surface area contributed by atoms with Crippen molar-refractivity contribution in [2.24, 2.45) is 28.4 Å². The zero-order valence-corrected chi connectivity index (χ0v) is 26.4. The van der Waals surface area contributed by atoms with Gasteiger partial charge >= 0.3 is 0 Å². The fraction of sp³-hybridized carbons (Fsp3) is 0.486. The lowest BCUT2D eigenvalue weighted by molar-refractivity contribution is -0.178. The van der Waals surface area contributed by atoms with E-state index in [-0.39, 0.29) is 34.7 Å². The number of rotatable bonds is 7. The van der Waals surface area contributed by atoms with Gasteiger partial charge in [-0.3, -0.25) is 9.59 Å². The Hall–Kier alpha value is -3.96. The van der Waals surface area contributed by atoms with Crippen LogP contribution in [0.1, 0.15) is 60.3 Å². The highest BCUT2D eigenvalue weighted by molar-refractivity contribution is 5.95. The van der Waals surface area contributed by atoms with Crippen molar-refractivity contribution < 1.29 is 19.1 Å². The van der Waals surface area contributed by atoms with Gasteiger partial charge < -0.3 is 25.5 Å². The van der Waals surface area contributed by atoms with Gasteiger partial charge in [-0.2, -0.15) is 5.26 Å². The van der Waals surface area contributed by atoms with E-state index in [1.807, 2.05) is 25.2 Å². The molecule has 8 heteroatoms. The molecule has 0 bridgehead atoms. The van der Waals surface area contributed by atoms with Crippen LogP contribution in [-0.4, -0.2) is 48.8 Å². The highest BCUT2D eigenvalue weighted by Crippen LogP contribution is 2.55. The van der Waals surface area contributed by atoms with Crippen molar-refractivity contribution in [1.29, 1.82) is 5.26 Å². The number of aldehydes is 1. The summed E-state index contributed by atoms with van der Waals surface area (Å²) < 4.78 is 6.02. The molecule has 1 atom stereocenters.